The van der Waals surface area contributed by atoms with Crippen molar-refractivity contribution in [1.29, 1.82) is 0 Å². The molecule has 0 spiro atoms. The average Bonchev–Trinajstić information content (AvgIpc) is 2.62. The van der Waals surface area contributed by atoms with Crippen LogP contribution in [0, 0.1) is 6.92 Å². The van der Waals surface area contributed by atoms with E-state index in [0.717, 1.165) is 0 Å². The van der Waals surface area contributed by atoms with Gasteiger partial charge in [-0.05, 0) is 31.5 Å². The summed E-state index contributed by atoms with van der Waals surface area (Å²) in [6.07, 6.45) is 2.70. The van der Waals surface area contributed by atoms with Crippen LogP contribution in [0.1, 0.15) is 12.5 Å². The molecule has 0 saturated carbocycles. The molecule has 1 N–H and O–H groups in total. The lowest BCUT2D eigenvalue weighted by molar-refractivity contribution is -0.142. The van der Waals surface area contributed by atoms with Gasteiger partial charge in [0.15, 0.2) is 6.61 Å². The van der Waals surface area contributed by atoms with E-state index in [9.17, 15) is 18.0 Å². The number of allylic oxidation sites excluding steroid dienone is 1. The van der Waals surface area contributed by atoms with Crippen LogP contribution < -0.4 is 5.32 Å². The van der Waals surface area contributed by atoms with Crippen LogP contribution in [0.2, 0.25) is 0 Å². The molecule has 1 heterocycles. The van der Waals surface area contributed by atoms with Gasteiger partial charge in [-0.15, -0.1) is 0 Å². The highest BCUT2D eigenvalue weighted by Gasteiger charge is 2.28. The minimum absolute atomic E-state index is 0.128. The Morgan fingerprint density at radius 1 is 1.31 bits per heavy atom. The van der Waals surface area contributed by atoms with E-state index in [1.165, 1.54) is 22.5 Å². The van der Waals surface area contributed by atoms with Crippen molar-refractivity contribution in [1.82, 2.24) is 4.31 Å². The molecule has 2 rings (SSSR count). The standard InChI is InChI=1S/C17H22N2O6S/c1-3-4-17(21)25-12-16(20)18-14-6-5-13(2)15(11-14)26(22,23)19-7-9-24-10-8-19/h3-6,11H,7-10,12H2,1-2H3,(H,18,20)/b4-3+. The van der Waals surface area contributed by atoms with Gasteiger partial charge in [-0.1, -0.05) is 12.1 Å². The zero-order valence-electron chi connectivity index (χ0n) is 14.7. The summed E-state index contributed by atoms with van der Waals surface area (Å²) >= 11 is 0. The fraction of sp³-hybridized carbons (Fsp3) is 0.412. The summed E-state index contributed by atoms with van der Waals surface area (Å²) in [6, 6.07) is 4.62. The van der Waals surface area contributed by atoms with Crippen molar-refractivity contribution in [3.05, 3.63) is 35.9 Å². The second-order valence-corrected chi connectivity index (χ2v) is 7.56. The molecular weight excluding hydrogens is 360 g/mol. The number of nitrogens with zero attached hydrogens (tertiary/aromatic N) is 1. The minimum atomic E-state index is -3.68. The Balaban J connectivity index is 2.11. The van der Waals surface area contributed by atoms with Crippen LogP contribution in [0.3, 0.4) is 0 Å². The molecule has 0 aromatic heterocycles. The van der Waals surface area contributed by atoms with Gasteiger partial charge >= 0.3 is 5.97 Å². The van der Waals surface area contributed by atoms with Crippen molar-refractivity contribution in [2.24, 2.45) is 0 Å². The van der Waals surface area contributed by atoms with E-state index in [0.29, 0.717) is 37.6 Å². The SMILES string of the molecule is C/C=C/C(=O)OCC(=O)Nc1ccc(C)c(S(=O)(=O)N2CCOCC2)c1. The van der Waals surface area contributed by atoms with Crippen molar-refractivity contribution in [2.45, 2.75) is 18.7 Å². The normalized spacial score (nSPS) is 15.8. The number of morpholine rings is 1. The van der Waals surface area contributed by atoms with E-state index in [1.54, 1.807) is 26.0 Å². The van der Waals surface area contributed by atoms with E-state index in [1.807, 2.05) is 0 Å². The van der Waals surface area contributed by atoms with Crippen LogP contribution in [0.15, 0.2) is 35.2 Å². The van der Waals surface area contributed by atoms with Crippen molar-refractivity contribution in [3.63, 3.8) is 0 Å². The first-order chi connectivity index (χ1) is 12.3. The third-order valence-electron chi connectivity index (χ3n) is 3.71. The first-order valence-electron chi connectivity index (χ1n) is 8.12. The summed E-state index contributed by atoms with van der Waals surface area (Å²) in [5.41, 5.74) is 0.892. The molecule has 9 heteroatoms. The van der Waals surface area contributed by atoms with Crippen LogP contribution in [-0.2, 0) is 29.1 Å². The Hall–Kier alpha value is -2.23. The lowest BCUT2D eigenvalue weighted by Crippen LogP contribution is -2.40. The van der Waals surface area contributed by atoms with E-state index < -0.39 is 28.5 Å². The summed E-state index contributed by atoms with van der Waals surface area (Å²) in [7, 11) is -3.68. The van der Waals surface area contributed by atoms with Gasteiger partial charge < -0.3 is 14.8 Å². The topological polar surface area (TPSA) is 102 Å². The first kappa shape index (κ1) is 20.1. The number of carbonyl (C=O) groups excluding carboxylic acids is 2. The number of ether oxygens (including phenoxy) is 2. The molecule has 0 atom stereocenters. The maximum absolute atomic E-state index is 12.8. The van der Waals surface area contributed by atoms with Crippen molar-refractivity contribution in [3.8, 4) is 0 Å². The second kappa shape index (κ2) is 8.93. The Morgan fingerprint density at radius 3 is 2.65 bits per heavy atom. The Morgan fingerprint density at radius 2 is 2.00 bits per heavy atom. The summed E-state index contributed by atoms with van der Waals surface area (Å²) in [5.74, 6) is -1.18. The van der Waals surface area contributed by atoms with Crippen LogP contribution in [0.4, 0.5) is 5.69 Å². The van der Waals surface area contributed by atoms with Gasteiger partial charge in [-0.25, -0.2) is 13.2 Å². The number of carbonyl (C=O) groups is 2. The van der Waals surface area contributed by atoms with Gasteiger partial charge in [-0.2, -0.15) is 4.31 Å². The number of amides is 1. The van der Waals surface area contributed by atoms with Gasteiger partial charge in [-0.3, -0.25) is 4.79 Å². The van der Waals surface area contributed by atoms with E-state index >= 15 is 0 Å². The third-order valence-corrected chi connectivity index (χ3v) is 5.75. The van der Waals surface area contributed by atoms with E-state index in [2.05, 4.69) is 5.32 Å². The summed E-state index contributed by atoms with van der Waals surface area (Å²) in [5, 5.41) is 2.53. The van der Waals surface area contributed by atoms with Gasteiger partial charge in [0.2, 0.25) is 10.0 Å². The maximum Gasteiger partial charge on any atom is 0.330 e. The fourth-order valence-electron chi connectivity index (χ4n) is 2.40. The van der Waals surface area contributed by atoms with E-state index in [-0.39, 0.29) is 4.90 Å². The second-order valence-electron chi connectivity index (χ2n) is 5.65. The molecule has 26 heavy (non-hydrogen) atoms. The molecule has 0 radical (unpaired) electrons. The first-order valence-corrected chi connectivity index (χ1v) is 9.56. The highest BCUT2D eigenvalue weighted by molar-refractivity contribution is 7.89. The molecule has 1 aromatic carbocycles. The van der Waals surface area contributed by atoms with Crippen LogP contribution in [-0.4, -0.2) is 57.5 Å². The quantitative estimate of drug-likeness (QED) is 0.583. The zero-order chi connectivity index (χ0) is 19.2. The lowest BCUT2D eigenvalue weighted by Gasteiger charge is -2.26. The number of rotatable bonds is 6. The Kier molecular flexibility index (Phi) is 6.90. The predicted molar refractivity (Wildman–Crippen MR) is 95.2 cm³/mol. The number of hydrogen-bond donors (Lipinski definition) is 1. The molecule has 1 fully saturated rings. The smallest absolute Gasteiger partial charge is 0.330 e. The molecule has 1 aliphatic rings. The molecule has 1 saturated heterocycles. The van der Waals surface area contributed by atoms with Gasteiger partial charge in [0.1, 0.15) is 0 Å². The molecule has 1 aliphatic heterocycles. The summed E-state index contributed by atoms with van der Waals surface area (Å²) in [6.45, 7) is 4.18. The third kappa shape index (κ3) is 5.13. The fourth-order valence-corrected chi connectivity index (χ4v) is 4.06. The molecule has 1 amide bonds. The lowest BCUT2D eigenvalue weighted by atomic mass is 10.2. The summed E-state index contributed by atoms with van der Waals surface area (Å²) in [4.78, 5) is 23.2. The Labute approximate surface area is 152 Å². The Bertz CT molecular complexity index is 797. The predicted octanol–water partition coefficient (Wildman–Crippen LogP) is 1.07. The van der Waals surface area contributed by atoms with Gasteiger partial charge in [0.25, 0.3) is 5.91 Å². The highest BCUT2D eigenvalue weighted by atomic mass is 32.2. The van der Waals surface area contributed by atoms with Crippen LogP contribution in [0.5, 0.6) is 0 Å². The van der Waals surface area contributed by atoms with Crippen LogP contribution >= 0.6 is 0 Å². The molecule has 142 valence electrons. The largest absolute Gasteiger partial charge is 0.452 e. The monoisotopic (exact) mass is 382 g/mol. The zero-order valence-corrected chi connectivity index (χ0v) is 15.5. The van der Waals surface area contributed by atoms with Crippen molar-refractivity contribution >= 4 is 27.6 Å². The molecule has 8 nitrogen and oxygen atoms in total. The number of hydrogen-bond acceptors (Lipinski definition) is 6. The van der Waals surface area contributed by atoms with E-state index in [4.69, 9.17) is 9.47 Å². The van der Waals surface area contributed by atoms with Crippen molar-refractivity contribution < 1.29 is 27.5 Å². The van der Waals surface area contributed by atoms with Crippen molar-refractivity contribution in [2.75, 3.05) is 38.2 Å². The minimum Gasteiger partial charge on any atom is -0.452 e. The molecule has 0 bridgehead atoms. The molecular formula is C17H22N2O6S. The van der Waals surface area contributed by atoms with Gasteiger partial charge in [0, 0.05) is 24.9 Å². The molecule has 0 aliphatic carbocycles. The summed E-state index contributed by atoms with van der Waals surface area (Å²) < 4.78 is 36.9. The number of anilines is 1. The average molecular weight is 382 g/mol. The van der Waals surface area contributed by atoms with Gasteiger partial charge in [0.05, 0.1) is 18.1 Å². The maximum atomic E-state index is 12.8. The number of esters is 1. The highest BCUT2D eigenvalue weighted by Crippen LogP contribution is 2.24. The number of sulfonamides is 1. The number of benzene rings is 1. The number of nitrogens with one attached hydrogen (secondary N) is 1. The van der Waals surface area contributed by atoms with Crippen LogP contribution in [0.25, 0.3) is 0 Å². The molecule has 0 unspecified atom stereocenters. The molecule has 1 aromatic rings. The number of aryl methyl sites for hydroxylation is 1.